The molecule has 1 unspecified atom stereocenters. The Labute approximate surface area is 223 Å². The molecule has 0 bridgehead atoms. The fourth-order valence-electron chi connectivity index (χ4n) is 4.60. The first-order valence-electron chi connectivity index (χ1n) is 11.9. The molecule has 0 aromatic heterocycles. The van der Waals surface area contributed by atoms with Gasteiger partial charge in [0.2, 0.25) is 5.91 Å². The highest BCUT2D eigenvalue weighted by atomic mass is 79.9. The van der Waals surface area contributed by atoms with Crippen molar-refractivity contribution in [2.75, 3.05) is 20.3 Å². The topological polar surface area (TPSA) is 81.9 Å². The second-order valence-electron chi connectivity index (χ2n) is 9.99. The van der Waals surface area contributed by atoms with Crippen molar-refractivity contribution in [2.45, 2.75) is 52.9 Å². The fourth-order valence-corrected chi connectivity index (χ4v) is 4.60. The predicted octanol–water partition coefficient (Wildman–Crippen LogP) is -0.477. The molecule has 8 nitrogen and oxygen atoms in total. The lowest BCUT2D eigenvalue weighted by molar-refractivity contribution is -0.680. The molecule has 3 aliphatic heterocycles. The molecule has 4 rings (SSSR count). The first-order valence-corrected chi connectivity index (χ1v) is 11.9. The molecule has 0 saturated heterocycles. The van der Waals surface area contributed by atoms with Crippen molar-refractivity contribution in [1.82, 2.24) is 4.90 Å². The molecule has 3 heterocycles. The summed E-state index contributed by atoms with van der Waals surface area (Å²) in [5.74, 6) is 0.205. The summed E-state index contributed by atoms with van der Waals surface area (Å²) in [5.41, 5.74) is 2.45. The van der Waals surface area contributed by atoms with Gasteiger partial charge < -0.3 is 31.2 Å². The van der Waals surface area contributed by atoms with Crippen LogP contribution in [0.2, 0.25) is 0 Å². The second-order valence-corrected chi connectivity index (χ2v) is 9.99. The average Bonchev–Trinajstić information content (AvgIpc) is 3.19. The van der Waals surface area contributed by atoms with Crippen LogP contribution in [0.25, 0.3) is 0 Å². The van der Waals surface area contributed by atoms with Crippen LogP contribution in [-0.2, 0) is 23.8 Å². The Morgan fingerprint density at radius 3 is 2.44 bits per heavy atom. The van der Waals surface area contributed by atoms with E-state index in [1.165, 1.54) is 6.92 Å². The van der Waals surface area contributed by atoms with Crippen molar-refractivity contribution in [1.29, 1.82) is 0 Å². The summed E-state index contributed by atoms with van der Waals surface area (Å²) < 4.78 is 17.8. The number of amidine groups is 1. The Balaban J connectivity index is 0.00000361. The molecule has 0 spiro atoms. The van der Waals surface area contributed by atoms with Gasteiger partial charge >= 0.3 is 5.97 Å². The van der Waals surface area contributed by atoms with E-state index in [1.54, 1.807) is 12.0 Å². The molecule has 1 amide bonds. The number of hydrogen-bond donors (Lipinski definition) is 1. The predicted molar refractivity (Wildman–Crippen MR) is 131 cm³/mol. The quantitative estimate of drug-likeness (QED) is 0.376. The summed E-state index contributed by atoms with van der Waals surface area (Å²) in [6.07, 6.45) is 4.54. The lowest BCUT2D eigenvalue weighted by Gasteiger charge is -2.46. The molecule has 0 fully saturated rings. The van der Waals surface area contributed by atoms with Crippen LogP contribution in [0, 0.1) is 5.41 Å². The monoisotopic (exact) mass is 559 g/mol. The minimum atomic E-state index is -0.772. The molecule has 3 aliphatic rings. The summed E-state index contributed by atoms with van der Waals surface area (Å²) in [5, 5.41) is 0. The molecule has 1 N–H and O–H groups in total. The number of methoxy groups -OCH3 is 1. The van der Waals surface area contributed by atoms with Crippen LogP contribution in [-0.4, -0.2) is 55.1 Å². The number of ether oxygens (including phenoxy) is 3. The van der Waals surface area contributed by atoms with Crippen molar-refractivity contribution in [3.63, 3.8) is 0 Å². The van der Waals surface area contributed by atoms with Crippen LogP contribution in [0.4, 0.5) is 0 Å². The highest BCUT2D eigenvalue weighted by Crippen LogP contribution is 2.42. The van der Waals surface area contributed by atoms with Gasteiger partial charge in [0.1, 0.15) is 30.2 Å². The molecule has 1 aromatic carbocycles. The zero-order chi connectivity index (χ0) is 25.3. The number of carbonyl (C=O) groups excluding carboxylic acids is 2. The summed E-state index contributed by atoms with van der Waals surface area (Å²) in [6, 6.07) is 9.04. The number of allylic oxidation sites excluding steroid dienone is 1. The lowest BCUT2D eigenvalue weighted by atomic mass is 9.84. The number of nitrogens with one attached hydrogen (secondary N) is 1. The minimum absolute atomic E-state index is 0. The summed E-state index contributed by atoms with van der Waals surface area (Å²) in [7, 11) is 1.61. The number of hydrogen-bond acceptors (Lipinski definition) is 6. The van der Waals surface area contributed by atoms with Crippen LogP contribution in [0.3, 0.4) is 0 Å². The Hall–Kier alpha value is -2.59. The van der Waals surface area contributed by atoms with E-state index in [1.807, 2.05) is 76.5 Å². The van der Waals surface area contributed by atoms with Crippen molar-refractivity contribution < 1.29 is 45.7 Å². The average molecular weight is 560 g/mol. The Morgan fingerprint density at radius 1 is 1.14 bits per heavy atom. The maximum atomic E-state index is 13.3. The Kier molecular flexibility index (Phi) is 8.71. The van der Waals surface area contributed by atoms with Gasteiger partial charge in [-0.15, -0.1) is 0 Å². The number of nitrogens with zero attached hydrogens (tertiary/aromatic N) is 2. The largest absolute Gasteiger partial charge is 1.00 e. The third kappa shape index (κ3) is 5.39. The number of amides is 1. The summed E-state index contributed by atoms with van der Waals surface area (Å²) in [6.45, 7) is 9.59. The molecular weight excluding hydrogens is 526 g/mol. The van der Waals surface area contributed by atoms with Crippen LogP contribution in [0.15, 0.2) is 70.8 Å². The summed E-state index contributed by atoms with van der Waals surface area (Å²) in [4.78, 5) is 33.9. The standard InChI is InChI=1S/C27H33N3O5.BrH/c1-17-16-29-13-12-20-22(25(29)28-17)30(18(2)31)21(19-10-8-7-9-11-19)24(23(20)34-15-14-33-6)35-26(32)27(3,4)5;/h7-13,16,21,23-24H,14-15H2,1-6H3;1H/t21-,23-,24-;/m1./s1. The van der Waals surface area contributed by atoms with E-state index in [0.717, 1.165) is 27.6 Å². The maximum absolute atomic E-state index is 13.3. The zero-order valence-electron chi connectivity index (χ0n) is 21.6. The van der Waals surface area contributed by atoms with Crippen LogP contribution >= 0.6 is 0 Å². The number of carbonyl (C=O) groups is 2. The number of esters is 1. The lowest BCUT2D eigenvalue weighted by Crippen LogP contribution is -3.06. The molecule has 1 aromatic rings. The first kappa shape index (κ1) is 28.0. The minimum Gasteiger partial charge on any atom is -1.00 e. The van der Waals surface area contributed by atoms with Gasteiger partial charge in [-0.1, -0.05) is 30.3 Å². The Morgan fingerprint density at radius 2 is 1.83 bits per heavy atom. The van der Waals surface area contributed by atoms with Crippen molar-refractivity contribution in [3.8, 4) is 0 Å². The molecule has 194 valence electrons. The van der Waals surface area contributed by atoms with Gasteiger partial charge in [-0.05, 0) is 33.3 Å². The van der Waals surface area contributed by atoms with E-state index in [9.17, 15) is 9.59 Å². The van der Waals surface area contributed by atoms with E-state index in [2.05, 4.69) is 0 Å². The van der Waals surface area contributed by atoms with E-state index < -0.39 is 23.7 Å². The number of rotatable bonds is 6. The molecule has 9 heteroatoms. The van der Waals surface area contributed by atoms with Gasteiger partial charge in [-0.2, -0.15) is 4.99 Å². The SMILES string of the molecule is COCCO[C@@H]1C2=C(C3=NC(C)=C[NH+]3C=C2)N(C(C)=O)[C@H](c2ccccc2)[C@H]1OC(=O)C(C)(C)C.[Br-]. The third-order valence-electron chi connectivity index (χ3n) is 6.22. The molecular formula is C27H34BrN3O5. The van der Waals surface area contributed by atoms with Crippen LogP contribution < -0.4 is 21.9 Å². The van der Waals surface area contributed by atoms with E-state index in [-0.39, 0.29) is 28.9 Å². The molecule has 0 saturated carbocycles. The van der Waals surface area contributed by atoms with Gasteiger partial charge in [-0.3, -0.25) is 14.5 Å². The van der Waals surface area contributed by atoms with Gasteiger partial charge in [0, 0.05) is 25.7 Å². The zero-order valence-corrected chi connectivity index (χ0v) is 23.2. The highest BCUT2D eigenvalue weighted by Gasteiger charge is 2.52. The number of benzene rings is 1. The van der Waals surface area contributed by atoms with Gasteiger partial charge in [0.05, 0.1) is 24.3 Å². The normalized spacial score (nSPS) is 24.9. The number of aliphatic imine (C=N–C) groups is 1. The van der Waals surface area contributed by atoms with Crippen LogP contribution in [0.1, 0.15) is 46.2 Å². The van der Waals surface area contributed by atoms with Gasteiger partial charge in [0.15, 0.2) is 6.10 Å². The summed E-state index contributed by atoms with van der Waals surface area (Å²) >= 11 is 0. The molecule has 36 heavy (non-hydrogen) atoms. The smallest absolute Gasteiger partial charge is 0.311 e. The second kappa shape index (κ2) is 11.2. The Bertz CT molecular complexity index is 1120. The fraction of sp³-hybridized carbons (Fsp3) is 0.444. The van der Waals surface area contributed by atoms with E-state index in [0.29, 0.717) is 18.9 Å². The molecule has 0 radical (unpaired) electrons. The maximum Gasteiger partial charge on any atom is 0.311 e. The number of fused-ring (bicyclic) bond motifs is 2. The molecule has 4 atom stereocenters. The van der Waals surface area contributed by atoms with Gasteiger partial charge in [0.25, 0.3) is 5.84 Å². The van der Waals surface area contributed by atoms with Crippen LogP contribution in [0.5, 0.6) is 0 Å². The van der Waals surface area contributed by atoms with Crippen molar-refractivity contribution in [2.24, 2.45) is 10.4 Å². The van der Waals surface area contributed by atoms with Crippen molar-refractivity contribution >= 4 is 17.7 Å². The first-order chi connectivity index (χ1) is 16.6. The molecule has 0 aliphatic carbocycles. The number of quaternary nitrogens is 1. The van der Waals surface area contributed by atoms with Gasteiger partial charge in [-0.25, -0.2) is 4.90 Å². The van der Waals surface area contributed by atoms with Crippen molar-refractivity contribution in [3.05, 3.63) is 71.3 Å². The number of halogens is 1. The highest BCUT2D eigenvalue weighted by molar-refractivity contribution is 6.00. The third-order valence-corrected chi connectivity index (χ3v) is 6.22. The van der Waals surface area contributed by atoms with E-state index in [4.69, 9.17) is 19.2 Å². The van der Waals surface area contributed by atoms with E-state index >= 15 is 0 Å².